The Hall–Kier alpha value is -3.25. The molecule has 3 aromatic rings. The van der Waals surface area contributed by atoms with Crippen LogP contribution in [0, 0.1) is 0 Å². The number of esters is 1. The van der Waals surface area contributed by atoms with Crippen molar-refractivity contribution in [3.63, 3.8) is 0 Å². The fourth-order valence-corrected chi connectivity index (χ4v) is 3.68. The summed E-state index contributed by atoms with van der Waals surface area (Å²) in [6, 6.07) is 25.3. The normalized spacial score (nSPS) is 11.7. The van der Waals surface area contributed by atoms with Crippen LogP contribution in [0.3, 0.4) is 0 Å². The molecule has 6 heteroatoms. The maximum absolute atomic E-state index is 12.5. The SMILES string of the molecule is C[S@](=O)c1ccccc1C(=O)OCC(=O)NC(c1ccccc1)c1ccccc1. The molecule has 0 fully saturated rings. The third-order valence-electron chi connectivity index (χ3n) is 4.32. The van der Waals surface area contributed by atoms with Gasteiger partial charge in [0.25, 0.3) is 5.91 Å². The average molecular weight is 407 g/mol. The molecule has 0 bridgehead atoms. The van der Waals surface area contributed by atoms with Gasteiger partial charge in [0, 0.05) is 6.26 Å². The van der Waals surface area contributed by atoms with Gasteiger partial charge in [-0.2, -0.15) is 0 Å². The number of rotatable bonds is 7. The average Bonchev–Trinajstić information content (AvgIpc) is 2.77. The van der Waals surface area contributed by atoms with E-state index in [1.807, 2.05) is 60.7 Å². The summed E-state index contributed by atoms with van der Waals surface area (Å²) in [7, 11) is -1.34. The Labute approximate surface area is 172 Å². The molecule has 1 N–H and O–H groups in total. The Morgan fingerprint density at radius 2 is 1.38 bits per heavy atom. The molecule has 29 heavy (non-hydrogen) atoms. The van der Waals surface area contributed by atoms with Crippen molar-refractivity contribution in [3.8, 4) is 0 Å². The van der Waals surface area contributed by atoms with Gasteiger partial charge in [0.05, 0.1) is 27.3 Å². The summed E-state index contributed by atoms with van der Waals surface area (Å²) in [4.78, 5) is 25.2. The molecule has 0 saturated carbocycles. The Morgan fingerprint density at radius 1 is 0.862 bits per heavy atom. The van der Waals surface area contributed by atoms with Crippen LogP contribution in [0.4, 0.5) is 0 Å². The molecule has 3 rings (SSSR count). The van der Waals surface area contributed by atoms with Crippen LogP contribution in [0.15, 0.2) is 89.8 Å². The molecule has 0 aliphatic heterocycles. The fourth-order valence-electron chi connectivity index (χ4n) is 2.95. The summed E-state index contributed by atoms with van der Waals surface area (Å²) in [5.41, 5.74) is 2.04. The molecule has 0 saturated heterocycles. The second-order valence-electron chi connectivity index (χ2n) is 6.35. The van der Waals surface area contributed by atoms with Crippen LogP contribution in [0.2, 0.25) is 0 Å². The van der Waals surface area contributed by atoms with Crippen LogP contribution in [-0.2, 0) is 20.3 Å². The van der Waals surface area contributed by atoms with Gasteiger partial charge in [-0.3, -0.25) is 9.00 Å². The van der Waals surface area contributed by atoms with Crippen molar-refractivity contribution in [3.05, 3.63) is 102 Å². The second kappa shape index (κ2) is 9.80. The lowest BCUT2D eigenvalue weighted by Gasteiger charge is -2.20. The Kier molecular flexibility index (Phi) is 6.92. The number of hydrogen-bond donors (Lipinski definition) is 1. The van der Waals surface area contributed by atoms with Gasteiger partial charge in [-0.05, 0) is 23.3 Å². The molecule has 0 unspecified atom stereocenters. The van der Waals surface area contributed by atoms with Crippen molar-refractivity contribution in [1.29, 1.82) is 0 Å². The molecule has 0 radical (unpaired) electrons. The number of nitrogens with one attached hydrogen (secondary N) is 1. The van der Waals surface area contributed by atoms with Crippen molar-refractivity contribution in [2.45, 2.75) is 10.9 Å². The second-order valence-corrected chi connectivity index (χ2v) is 7.70. The predicted molar refractivity (Wildman–Crippen MR) is 112 cm³/mol. The molecule has 0 spiro atoms. The van der Waals surface area contributed by atoms with Gasteiger partial charge in [0.2, 0.25) is 0 Å². The van der Waals surface area contributed by atoms with Crippen molar-refractivity contribution in [2.75, 3.05) is 12.9 Å². The van der Waals surface area contributed by atoms with Gasteiger partial charge >= 0.3 is 5.97 Å². The molecule has 0 aromatic heterocycles. The molecular formula is C23H21NO4S. The largest absolute Gasteiger partial charge is 0.452 e. The zero-order valence-electron chi connectivity index (χ0n) is 15.9. The monoisotopic (exact) mass is 407 g/mol. The minimum absolute atomic E-state index is 0.198. The van der Waals surface area contributed by atoms with E-state index < -0.39 is 29.3 Å². The highest BCUT2D eigenvalue weighted by molar-refractivity contribution is 7.84. The fraction of sp³-hybridized carbons (Fsp3) is 0.130. The summed E-state index contributed by atoms with van der Waals surface area (Å²) in [6.45, 7) is -0.431. The smallest absolute Gasteiger partial charge is 0.339 e. The maximum atomic E-state index is 12.5. The van der Waals surface area contributed by atoms with Gasteiger partial charge < -0.3 is 10.1 Å². The van der Waals surface area contributed by atoms with Gasteiger partial charge in [-0.1, -0.05) is 72.8 Å². The summed E-state index contributed by atoms with van der Waals surface area (Å²) in [5, 5.41) is 2.92. The lowest BCUT2D eigenvalue weighted by molar-refractivity contribution is -0.124. The van der Waals surface area contributed by atoms with Gasteiger partial charge in [-0.25, -0.2) is 4.79 Å². The van der Waals surface area contributed by atoms with Crippen molar-refractivity contribution < 1.29 is 18.5 Å². The molecule has 1 amide bonds. The minimum Gasteiger partial charge on any atom is -0.452 e. The van der Waals surface area contributed by atoms with Crippen molar-refractivity contribution in [1.82, 2.24) is 5.32 Å². The molecular weight excluding hydrogens is 386 g/mol. The van der Waals surface area contributed by atoms with Gasteiger partial charge in [0.15, 0.2) is 6.61 Å². The summed E-state index contributed by atoms with van der Waals surface area (Å²) >= 11 is 0. The summed E-state index contributed by atoms with van der Waals surface area (Å²) < 4.78 is 17.0. The van der Waals surface area contributed by atoms with E-state index in [1.54, 1.807) is 18.2 Å². The van der Waals surface area contributed by atoms with Crippen LogP contribution in [0.25, 0.3) is 0 Å². The Bertz CT molecular complexity index is 966. The zero-order valence-corrected chi connectivity index (χ0v) is 16.7. The standard InChI is InChI=1S/C23H21NO4S/c1-29(27)20-15-9-8-14-19(20)23(26)28-16-21(25)24-22(17-10-4-2-5-11-17)18-12-6-3-7-13-18/h2-15,22H,16H2,1H3,(H,24,25)/t29-/m0/s1. The molecule has 3 aromatic carbocycles. The lowest BCUT2D eigenvalue weighted by Crippen LogP contribution is -2.33. The number of ether oxygens (including phenoxy) is 1. The van der Waals surface area contributed by atoms with Crippen LogP contribution in [0.1, 0.15) is 27.5 Å². The number of hydrogen-bond acceptors (Lipinski definition) is 4. The van der Waals surface area contributed by atoms with E-state index in [2.05, 4.69) is 5.32 Å². The summed E-state index contributed by atoms with van der Waals surface area (Å²) in [5.74, 6) is -1.10. The highest BCUT2D eigenvalue weighted by Crippen LogP contribution is 2.21. The molecule has 5 nitrogen and oxygen atoms in total. The van der Waals surface area contributed by atoms with E-state index in [0.717, 1.165) is 11.1 Å². The lowest BCUT2D eigenvalue weighted by atomic mass is 9.99. The predicted octanol–water partition coefficient (Wildman–Crippen LogP) is 3.49. The van der Waals surface area contributed by atoms with E-state index in [0.29, 0.717) is 4.90 Å². The van der Waals surface area contributed by atoms with Crippen LogP contribution < -0.4 is 5.32 Å². The van der Waals surface area contributed by atoms with Crippen molar-refractivity contribution >= 4 is 22.7 Å². The first-order valence-corrected chi connectivity index (χ1v) is 10.6. The molecule has 0 aliphatic rings. The summed E-state index contributed by atoms with van der Waals surface area (Å²) in [6.07, 6.45) is 1.49. The topological polar surface area (TPSA) is 72.5 Å². The molecule has 0 aliphatic carbocycles. The van der Waals surface area contributed by atoms with E-state index in [9.17, 15) is 13.8 Å². The van der Waals surface area contributed by atoms with Gasteiger partial charge in [-0.15, -0.1) is 0 Å². The van der Waals surface area contributed by atoms with Crippen LogP contribution in [0.5, 0.6) is 0 Å². The highest BCUT2D eigenvalue weighted by atomic mass is 32.2. The molecule has 1 atom stereocenters. The first-order chi connectivity index (χ1) is 14.1. The minimum atomic E-state index is -1.34. The first-order valence-electron chi connectivity index (χ1n) is 9.05. The van der Waals surface area contributed by atoms with Crippen LogP contribution in [-0.4, -0.2) is 28.9 Å². The number of benzene rings is 3. The quantitative estimate of drug-likeness (QED) is 0.609. The van der Waals surface area contributed by atoms with Gasteiger partial charge in [0.1, 0.15) is 0 Å². The number of carbonyl (C=O) groups is 2. The Balaban J connectivity index is 1.70. The van der Waals surface area contributed by atoms with Crippen molar-refractivity contribution in [2.24, 2.45) is 0 Å². The third kappa shape index (κ3) is 5.39. The Morgan fingerprint density at radius 3 is 1.93 bits per heavy atom. The number of carbonyl (C=O) groups excluding carboxylic acids is 2. The van der Waals surface area contributed by atoms with Crippen LogP contribution >= 0.6 is 0 Å². The van der Waals surface area contributed by atoms with E-state index in [1.165, 1.54) is 12.3 Å². The molecule has 148 valence electrons. The number of amides is 1. The van der Waals surface area contributed by atoms with E-state index in [-0.39, 0.29) is 11.6 Å². The molecule has 0 heterocycles. The highest BCUT2D eigenvalue weighted by Gasteiger charge is 2.19. The zero-order chi connectivity index (χ0) is 20.6. The van der Waals surface area contributed by atoms with E-state index >= 15 is 0 Å². The third-order valence-corrected chi connectivity index (χ3v) is 5.30. The first kappa shape index (κ1) is 20.5. The van der Waals surface area contributed by atoms with E-state index in [4.69, 9.17) is 4.74 Å². The maximum Gasteiger partial charge on any atom is 0.339 e.